The smallest absolute Gasteiger partial charge is 0.130 e. The van der Waals surface area contributed by atoms with E-state index in [1.54, 1.807) is 11.3 Å². The Labute approximate surface area is 87.2 Å². The van der Waals surface area contributed by atoms with Crippen LogP contribution in [-0.4, -0.2) is 10.1 Å². The van der Waals surface area contributed by atoms with Gasteiger partial charge in [0, 0.05) is 11.8 Å². The van der Waals surface area contributed by atoms with Crippen LogP contribution < -0.4 is 0 Å². The first-order valence-electron chi connectivity index (χ1n) is 4.66. The minimum atomic E-state index is -0.858. The van der Waals surface area contributed by atoms with Gasteiger partial charge in [0.2, 0.25) is 0 Å². The van der Waals surface area contributed by atoms with E-state index in [0.29, 0.717) is 6.42 Å². The second-order valence-corrected chi connectivity index (χ2v) is 4.09. The Morgan fingerprint density at radius 1 is 1.50 bits per heavy atom. The lowest BCUT2D eigenvalue weighted by molar-refractivity contribution is 0.0729. The van der Waals surface area contributed by atoms with Crippen LogP contribution in [0.4, 0.5) is 0 Å². The van der Waals surface area contributed by atoms with E-state index >= 15 is 0 Å². The molecule has 0 aliphatic heterocycles. The highest BCUT2D eigenvalue weighted by atomic mass is 32.1. The van der Waals surface area contributed by atoms with Gasteiger partial charge in [-0.3, -0.25) is 0 Å². The van der Waals surface area contributed by atoms with Gasteiger partial charge in [0.25, 0.3) is 0 Å². The summed E-state index contributed by atoms with van der Waals surface area (Å²) < 4.78 is 0. The van der Waals surface area contributed by atoms with Crippen molar-refractivity contribution >= 4 is 11.3 Å². The predicted molar refractivity (Wildman–Crippen MR) is 58.4 cm³/mol. The summed E-state index contributed by atoms with van der Waals surface area (Å²) in [4.78, 5) is 3.07. The van der Waals surface area contributed by atoms with Crippen molar-refractivity contribution in [2.24, 2.45) is 0 Å². The molecule has 2 rings (SSSR count). The van der Waals surface area contributed by atoms with E-state index in [0.717, 1.165) is 11.3 Å². The van der Waals surface area contributed by atoms with Crippen LogP contribution in [0.1, 0.15) is 24.6 Å². The summed E-state index contributed by atoms with van der Waals surface area (Å²) in [5.41, 5.74) is 0.967. The van der Waals surface area contributed by atoms with Crippen LogP contribution in [0, 0.1) is 0 Å². The Balaban J connectivity index is 2.45. The average molecular weight is 207 g/mol. The molecular weight excluding hydrogens is 194 g/mol. The summed E-state index contributed by atoms with van der Waals surface area (Å²) in [5, 5.41) is 14.5. The Morgan fingerprint density at radius 3 is 2.86 bits per heavy atom. The zero-order valence-electron chi connectivity index (χ0n) is 8.03. The maximum Gasteiger partial charge on any atom is 0.130 e. The van der Waals surface area contributed by atoms with Crippen molar-refractivity contribution in [3.05, 3.63) is 46.4 Å². The summed E-state index contributed by atoms with van der Waals surface area (Å²) in [7, 11) is 0. The van der Waals surface area contributed by atoms with E-state index in [1.807, 2.05) is 42.1 Å². The standard InChI is InChI=1S/C11H13NOS/c1-2-11(13,9-5-7-14-8-9)10-4-3-6-12-10/h3-8,12-13H,2H2,1H3. The fourth-order valence-corrected chi connectivity index (χ4v) is 2.36. The van der Waals surface area contributed by atoms with E-state index < -0.39 is 5.60 Å². The van der Waals surface area contributed by atoms with Crippen LogP contribution in [-0.2, 0) is 5.60 Å². The highest BCUT2D eigenvalue weighted by molar-refractivity contribution is 7.08. The molecule has 14 heavy (non-hydrogen) atoms. The molecular formula is C11H13NOS. The fraction of sp³-hybridized carbons (Fsp3) is 0.273. The number of thiophene rings is 1. The summed E-state index contributed by atoms with van der Waals surface area (Å²) in [5.74, 6) is 0. The molecule has 0 aliphatic carbocycles. The lowest BCUT2D eigenvalue weighted by Gasteiger charge is -2.24. The highest BCUT2D eigenvalue weighted by Gasteiger charge is 2.30. The normalized spacial score (nSPS) is 15.3. The first-order valence-corrected chi connectivity index (χ1v) is 5.60. The predicted octanol–water partition coefficient (Wildman–Crippen LogP) is 2.72. The van der Waals surface area contributed by atoms with Gasteiger partial charge in [-0.2, -0.15) is 11.3 Å². The third-order valence-electron chi connectivity index (χ3n) is 2.55. The van der Waals surface area contributed by atoms with Gasteiger partial charge in [-0.1, -0.05) is 6.92 Å². The van der Waals surface area contributed by atoms with Gasteiger partial charge < -0.3 is 10.1 Å². The van der Waals surface area contributed by atoms with Crippen molar-refractivity contribution in [3.8, 4) is 0 Å². The molecule has 1 unspecified atom stereocenters. The van der Waals surface area contributed by atoms with Crippen LogP contribution in [0.2, 0.25) is 0 Å². The fourth-order valence-electron chi connectivity index (χ4n) is 1.64. The molecule has 74 valence electrons. The van der Waals surface area contributed by atoms with Crippen LogP contribution >= 0.6 is 11.3 Å². The highest BCUT2D eigenvalue weighted by Crippen LogP contribution is 2.32. The molecule has 0 bridgehead atoms. The lowest BCUT2D eigenvalue weighted by Crippen LogP contribution is -2.25. The van der Waals surface area contributed by atoms with Crippen LogP contribution in [0.3, 0.4) is 0 Å². The molecule has 2 nitrogen and oxygen atoms in total. The summed E-state index contributed by atoms with van der Waals surface area (Å²) >= 11 is 1.61. The van der Waals surface area contributed by atoms with Crippen LogP contribution in [0.25, 0.3) is 0 Å². The van der Waals surface area contributed by atoms with E-state index in [-0.39, 0.29) is 0 Å². The number of nitrogens with one attached hydrogen (secondary N) is 1. The molecule has 0 radical (unpaired) electrons. The molecule has 0 saturated carbocycles. The Morgan fingerprint density at radius 2 is 2.36 bits per heavy atom. The van der Waals surface area contributed by atoms with E-state index in [2.05, 4.69) is 4.98 Å². The Kier molecular flexibility index (Phi) is 2.44. The van der Waals surface area contributed by atoms with Crippen LogP contribution in [0.5, 0.6) is 0 Å². The molecule has 0 aliphatic rings. The number of aromatic amines is 1. The zero-order valence-corrected chi connectivity index (χ0v) is 8.84. The molecule has 2 aromatic heterocycles. The average Bonchev–Trinajstić information content (AvgIpc) is 2.88. The maximum absolute atomic E-state index is 10.5. The third kappa shape index (κ3) is 1.38. The zero-order chi connectivity index (χ0) is 10.0. The molecule has 0 saturated heterocycles. The molecule has 2 N–H and O–H groups in total. The second-order valence-electron chi connectivity index (χ2n) is 3.31. The van der Waals surface area contributed by atoms with Crippen molar-refractivity contribution in [3.63, 3.8) is 0 Å². The molecule has 0 fully saturated rings. The van der Waals surface area contributed by atoms with Crippen molar-refractivity contribution in [2.45, 2.75) is 18.9 Å². The number of hydrogen-bond donors (Lipinski definition) is 2. The van der Waals surface area contributed by atoms with Gasteiger partial charge in [0.1, 0.15) is 5.60 Å². The second kappa shape index (κ2) is 3.59. The maximum atomic E-state index is 10.5. The first-order chi connectivity index (χ1) is 6.77. The molecule has 2 heterocycles. The van der Waals surface area contributed by atoms with Crippen molar-refractivity contribution in [1.29, 1.82) is 0 Å². The van der Waals surface area contributed by atoms with Gasteiger partial charge in [-0.05, 0) is 35.4 Å². The third-order valence-corrected chi connectivity index (χ3v) is 3.24. The Bertz CT molecular complexity index is 343. The van der Waals surface area contributed by atoms with Gasteiger partial charge in [-0.25, -0.2) is 0 Å². The summed E-state index contributed by atoms with van der Waals surface area (Å²) in [6.45, 7) is 1.98. The lowest BCUT2D eigenvalue weighted by atomic mass is 9.90. The molecule has 3 heteroatoms. The molecule has 2 aromatic rings. The van der Waals surface area contributed by atoms with Crippen molar-refractivity contribution in [2.75, 3.05) is 0 Å². The number of aromatic nitrogens is 1. The van der Waals surface area contributed by atoms with E-state index in [1.165, 1.54) is 0 Å². The number of hydrogen-bond acceptors (Lipinski definition) is 2. The quantitative estimate of drug-likeness (QED) is 0.797. The first kappa shape index (κ1) is 9.49. The largest absolute Gasteiger partial charge is 0.379 e. The SMILES string of the molecule is CCC(O)(c1ccsc1)c1ccc[nH]1. The van der Waals surface area contributed by atoms with Gasteiger partial charge >= 0.3 is 0 Å². The summed E-state index contributed by atoms with van der Waals surface area (Å²) in [6, 6.07) is 5.79. The van der Waals surface area contributed by atoms with Crippen molar-refractivity contribution < 1.29 is 5.11 Å². The minimum absolute atomic E-state index is 0.671. The minimum Gasteiger partial charge on any atom is -0.379 e. The number of aliphatic hydroxyl groups is 1. The monoisotopic (exact) mass is 207 g/mol. The van der Waals surface area contributed by atoms with E-state index in [4.69, 9.17) is 0 Å². The van der Waals surface area contributed by atoms with Crippen LogP contribution in [0.15, 0.2) is 35.2 Å². The number of rotatable bonds is 3. The number of H-pyrrole nitrogens is 1. The molecule has 1 atom stereocenters. The van der Waals surface area contributed by atoms with Gasteiger partial charge in [-0.15, -0.1) is 0 Å². The van der Waals surface area contributed by atoms with Crippen molar-refractivity contribution in [1.82, 2.24) is 4.98 Å². The van der Waals surface area contributed by atoms with Gasteiger partial charge in [0.15, 0.2) is 0 Å². The molecule has 0 spiro atoms. The molecule has 0 aromatic carbocycles. The molecule has 0 amide bonds. The van der Waals surface area contributed by atoms with Gasteiger partial charge in [0.05, 0.1) is 5.69 Å². The Hall–Kier alpha value is -1.06. The summed E-state index contributed by atoms with van der Waals surface area (Å²) in [6.07, 6.45) is 2.51. The topological polar surface area (TPSA) is 36.0 Å². The van der Waals surface area contributed by atoms with E-state index in [9.17, 15) is 5.11 Å².